The lowest BCUT2D eigenvalue weighted by Gasteiger charge is -2.33. The molecule has 2 heterocycles. The standard InChI is InChI=1S/C24H32FN3O4S/c1-4-14-27(15-5-2)24(29)20-12-16-28(17-13-20)33(30,31)23-18(3)26-32-22(23)11-10-19-8-6-7-9-21(19)25/h6-11,20H,4-5,12-17H2,1-3H3/b11-10+. The van der Waals surface area contributed by atoms with Crippen LogP contribution in [-0.2, 0) is 14.8 Å². The lowest BCUT2D eigenvalue weighted by Crippen LogP contribution is -2.45. The number of benzene rings is 1. The Balaban J connectivity index is 1.75. The van der Waals surface area contributed by atoms with Crippen LogP contribution in [0.5, 0.6) is 0 Å². The van der Waals surface area contributed by atoms with Crippen LogP contribution in [-0.4, -0.2) is 54.9 Å². The van der Waals surface area contributed by atoms with Gasteiger partial charge in [-0.05, 0) is 50.8 Å². The number of aryl methyl sites for hydroxylation is 1. The van der Waals surface area contributed by atoms with Gasteiger partial charge in [0.2, 0.25) is 15.9 Å². The zero-order chi connectivity index (χ0) is 24.0. The molecule has 1 aliphatic heterocycles. The summed E-state index contributed by atoms with van der Waals surface area (Å²) in [6.07, 6.45) is 5.65. The summed E-state index contributed by atoms with van der Waals surface area (Å²) in [4.78, 5) is 14.8. The number of nitrogens with zero attached hydrogens (tertiary/aromatic N) is 3. The van der Waals surface area contributed by atoms with Gasteiger partial charge in [0.15, 0.2) is 10.7 Å². The van der Waals surface area contributed by atoms with E-state index in [4.69, 9.17) is 4.52 Å². The number of hydrogen-bond acceptors (Lipinski definition) is 5. The van der Waals surface area contributed by atoms with Crippen LogP contribution in [0, 0.1) is 18.7 Å². The largest absolute Gasteiger partial charge is 0.355 e. The first-order valence-corrected chi connectivity index (χ1v) is 12.9. The molecule has 1 aromatic heterocycles. The number of carbonyl (C=O) groups excluding carboxylic acids is 1. The third-order valence-corrected chi connectivity index (χ3v) is 7.91. The zero-order valence-electron chi connectivity index (χ0n) is 19.5. The first-order valence-electron chi connectivity index (χ1n) is 11.5. The molecule has 1 fully saturated rings. The predicted molar refractivity (Wildman–Crippen MR) is 125 cm³/mol. The Morgan fingerprint density at radius 2 is 1.82 bits per heavy atom. The smallest absolute Gasteiger partial charge is 0.248 e. The van der Waals surface area contributed by atoms with Crippen molar-refractivity contribution in [3.8, 4) is 0 Å². The van der Waals surface area contributed by atoms with Crippen LogP contribution in [0.4, 0.5) is 4.39 Å². The minimum atomic E-state index is -3.88. The molecule has 3 rings (SSSR count). The van der Waals surface area contributed by atoms with E-state index in [0.29, 0.717) is 18.4 Å². The van der Waals surface area contributed by atoms with Gasteiger partial charge in [-0.3, -0.25) is 4.79 Å². The summed E-state index contributed by atoms with van der Waals surface area (Å²) < 4.78 is 47.4. The van der Waals surface area contributed by atoms with E-state index < -0.39 is 15.8 Å². The Kier molecular flexibility index (Phi) is 8.42. The van der Waals surface area contributed by atoms with Crippen LogP contribution < -0.4 is 0 Å². The van der Waals surface area contributed by atoms with Crippen molar-refractivity contribution in [3.05, 3.63) is 47.1 Å². The lowest BCUT2D eigenvalue weighted by atomic mass is 9.96. The molecule has 180 valence electrons. The molecule has 2 aromatic rings. The highest BCUT2D eigenvalue weighted by Gasteiger charge is 2.36. The maximum absolute atomic E-state index is 13.9. The maximum Gasteiger partial charge on any atom is 0.248 e. The monoisotopic (exact) mass is 477 g/mol. The molecular weight excluding hydrogens is 445 g/mol. The number of amides is 1. The van der Waals surface area contributed by atoms with E-state index in [-0.39, 0.29) is 41.3 Å². The fourth-order valence-electron chi connectivity index (χ4n) is 4.18. The van der Waals surface area contributed by atoms with Crippen molar-refractivity contribution in [2.45, 2.75) is 51.3 Å². The van der Waals surface area contributed by atoms with Gasteiger partial charge in [-0.2, -0.15) is 4.31 Å². The normalized spacial score (nSPS) is 15.9. The van der Waals surface area contributed by atoms with Crippen molar-refractivity contribution in [2.75, 3.05) is 26.2 Å². The predicted octanol–water partition coefficient (Wildman–Crippen LogP) is 4.34. The van der Waals surface area contributed by atoms with E-state index >= 15 is 0 Å². The van der Waals surface area contributed by atoms with Crippen LogP contribution in [0.2, 0.25) is 0 Å². The van der Waals surface area contributed by atoms with Crippen LogP contribution in [0.25, 0.3) is 12.2 Å². The first-order chi connectivity index (χ1) is 15.8. The summed E-state index contributed by atoms with van der Waals surface area (Å²) >= 11 is 0. The molecule has 0 N–H and O–H groups in total. The van der Waals surface area contributed by atoms with Crippen molar-refractivity contribution >= 4 is 28.1 Å². The fourth-order valence-corrected chi connectivity index (χ4v) is 5.90. The van der Waals surface area contributed by atoms with E-state index in [9.17, 15) is 17.6 Å². The van der Waals surface area contributed by atoms with E-state index in [1.165, 1.54) is 22.5 Å². The van der Waals surface area contributed by atoms with Gasteiger partial charge < -0.3 is 9.42 Å². The van der Waals surface area contributed by atoms with Gasteiger partial charge in [0.1, 0.15) is 11.5 Å². The van der Waals surface area contributed by atoms with Crippen molar-refractivity contribution in [2.24, 2.45) is 5.92 Å². The van der Waals surface area contributed by atoms with Gasteiger partial charge in [0.05, 0.1) is 0 Å². The molecule has 0 saturated carbocycles. The number of sulfonamides is 1. The van der Waals surface area contributed by atoms with Crippen LogP contribution in [0.15, 0.2) is 33.7 Å². The molecule has 1 saturated heterocycles. The average molecular weight is 478 g/mol. The Morgan fingerprint density at radius 3 is 2.42 bits per heavy atom. The molecule has 1 aromatic carbocycles. The van der Waals surface area contributed by atoms with E-state index in [0.717, 1.165) is 25.9 Å². The highest BCUT2D eigenvalue weighted by atomic mass is 32.2. The Hall–Kier alpha value is -2.52. The second kappa shape index (κ2) is 11.1. The molecule has 0 spiro atoms. The van der Waals surface area contributed by atoms with E-state index in [1.54, 1.807) is 25.1 Å². The average Bonchev–Trinajstić information content (AvgIpc) is 3.19. The van der Waals surface area contributed by atoms with Gasteiger partial charge in [-0.1, -0.05) is 37.2 Å². The van der Waals surface area contributed by atoms with E-state index in [1.807, 2.05) is 18.7 Å². The molecule has 1 aliphatic rings. The number of halogens is 1. The number of piperidine rings is 1. The molecule has 33 heavy (non-hydrogen) atoms. The third-order valence-electron chi connectivity index (χ3n) is 5.85. The van der Waals surface area contributed by atoms with Crippen molar-refractivity contribution in [1.82, 2.24) is 14.4 Å². The summed E-state index contributed by atoms with van der Waals surface area (Å²) in [6, 6.07) is 6.20. The molecule has 0 radical (unpaired) electrons. The lowest BCUT2D eigenvalue weighted by molar-refractivity contribution is -0.136. The van der Waals surface area contributed by atoms with Gasteiger partial charge in [0.25, 0.3) is 0 Å². The number of hydrogen-bond donors (Lipinski definition) is 0. The Labute approximate surface area is 195 Å². The molecule has 0 aliphatic carbocycles. The third kappa shape index (κ3) is 5.70. The van der Waals surface area contributed by atoms with Crippen LogP contribution in [0.3, 0.4) is 0 Å². The van der Waals surface area contributed by atoms with Crippen molar-refractivity contribution in [3.63, 3.8) is 0 Å². The van der Waals surface area contributed by atoms with Gasteiger partial charge >= 0.3 is 0 Å². The molecule has 0 atom stereocenters. The Morgan fingerprint density at radius 1 is 1.18 bits per heavy atom. The summed E-state index contributed by atoms with van der Waals surface area (Å²) in [5, 5.41) is 3.83. The van der Waals surface area contributed by atoms with E-state index in [2.05, 4.69) is 5.16 Å². The van der Waals surface area contributed by atoms with Crippen LogP contribution >= 0.6 is 0 Å². The van der Waals surface area contributed by atoms with Crippen molar-refractivity contribution in [1.29, 1.82) is 0 Å². The second-order valence-corrected chi connectivity index (χ2v) is 10.2. The molecular formula is C24H32FN3O4S. The molecule has 1 amide bonds. The second-order valence-electron chi connectivity index (χ2n) is 8.32. The number of rotatable bonds is 9. The summed E-state index contributed by atoms with van der Waals surface area (Å²) in [5.74, 6) is -0.406. The summed E-state index contributed by atoms with van der Waals surface area (Å²) in [6.45, 7) is 7.62. The van der Waals surface area contributed by atoms with Gasteiger partial charge in [0, 0.05) is 37.7 Å². The molecule has 7 nitrogen and oxygen atoms in total. The fraction of sp³-hybridized carbons (Fsp3) is 0.500. The highest BCUT2D eigenvalue weighted by Crippen LogP contribution is 2.30. The quantitative estimate of drug-likeness (QED) is 0.536. The SMILES string of the molecule is CCCN(CCC)C(=O)C1CCN(S(=O)(=O)c2c(C)noc2/C=C/c2ccccc2F)CC1. The minimum absolute atomic E-state index is 0.0153. The van der Waals surface area contributed by atoms with Gasteiger partial charge in [-0.15, -0.1) is 0 Å². The summed E-state index contributed by atoms with van der Waals surface area (Å²) in [5.41, 5.74) is 0.566. The van der Waals surface area contributed by atoms with Crippen molar-refractivity contribution < 1.29 is 22.1 Å². The topological polar surface area (TPSA) is 83.7 Å². The molecule has 0 bridgehead atoms. The minimum Gasteiger partial charge on any atom is -0.355 e. The maximum atomic E-state index is 13.9. The first kappa shape index (κ1) is 25.1. The number of aromatic nitrogens is 1. The zero-order valence-corrected chi connectivity index (χ0v) is 20.3. The van der Waals surface area contributed by atoms with Crippen LogP contribution in [0.1, 0.15) is 56.5 Å². The Bertz CT molecular complexity index is 1080. The van der Waals surface area contributed by atoms with Gasteiger partial charge in [-0.25, -0.2) is 12.8 Å². The molecule has 9 heteroatoms. The number of carbonyl (C=O) groups is 1. The molecule has 0 unspecified atom stereocenters. The highest BCUT2D eigenvalue weighted by molar-refractivity contribution is 7.89. The summed E-state index contributed by atoms with van der Waals surface area (Å²) in [7, 11) is -3.88.